The molecule has 0 saturated carbocycles. The van der Waals surface area contributed by atoms with Crippen molar-refractivity contribution >= 4 is 21.7 Å². The standard InChI is InChI=1S/C12H13BrN4O/c1-3-17-10(12(13)8(2)16-17)6-11(18)9-4-5-14-7-15-9/h4-5,7H,3,6H2,1-2H3. The number of carbonyl (C=O) groups excluding carboxylic acids is 1. The third kappa shape index (κ3) is 2.48. The highest BCUT2D eigenvalue weighted by Gasteiger charge is 2.17. The van der Waals surface area contributed by atoms with E-state index in [1.165, 1.54) is 6.33 Å². The Morgan fingerprint density at radius 2 is 2.28 bits per heavy atom. The molecule has 0 fully saturated rings. The summed E-state index contributed by atoms with van der Waals surface area (Å²) in [5.41, 5.74) is 2.21. The number of ketones is 1. The van der Waals surface area contributed by atoms with Crippen molar-refractivity contribution in [1.29, 1.82) is 0 Å². The van der Waals surface area contributed by atoms with Gasteiger partial charge in [0, 0.05) is 12.7 Å². The molecular formula is C12H13BrN4O. The molecule has 2 aromatic heterocycles. The number of aryl methyl sites for hydroxylation is 2. The van der Waals surface area contributed by atoms with Gasteiger partial charge in [-0.1, -0.05) is 0 Å². The molecule has 0 aliphatic rings. The van der Waals surface area contributed by atoms with Crippen molar-refractivity contribution in [2.24, 2.45) is 0 Å². The lowest BCUT2D eigenvalue weighted by Crippen LogP contribution is -2.11. The number of halogens is 1. The first-order valence-corrected chi connectivity index (χ1v) is 6.43. The van der Waals surface area contributed by atoms with E-state index in [0.29, 0.717) is 5.69 Å². The largest absolute Gasteiger partial charge is 0.292 e. The SMILES string of the molecule is CCn1nc(C)c(Br)c1CC(=O)c1ccncn1. The Morgan fingerprint density at radius 1 is 1.50 bits per heavy atom. The summed E-state index contributed by atoms with van der Waals surface area (Å²) in [6.45, 7) is 4.64. The lowest BCUT2D eigenvalue weighted by atomic mass is 10.1. The zero-order valence-corrected chi connectivity index (χ0v) is 11.8. The fraction of sp³-hybridized carbons (Fsp3) is 0.333. The third-order valence-electron chi connectivity index (χ3n) is 2.65. The first-order valence-electron chi connectivity index (χ1n) is 5.64. The van der Waals surface area contributed by atoms with Gasteiger partial charge in [-0.25, -0.2) is 9.97 Å². The Bertz CT molecular complexity index is 565. The lowest BCUT2D eigenvalue weighted by Gasteiger charge is -2.04. The zero-order chi connectivity index (χ0) is 13.1. The molecule has 0 spiro atoms. The number of aromatic nitrogens is 4. The minimum absolute atomic E-state index is 0.0345. The molecule has 2 aromatic rings. The quantitative estimate of drug-likeness (QED) is 0.812. The van der Waals surface area contributed by atoms with Crippen molar-refractivity contribution in [3.63, 3.8) is 0 Å². The fourth-order valence-electron chi connectivity index (χ4n) is 1.74. The highest BCUT2D eigenvalue weighted by molar-refractivity contribution is 9.10. The zero-order valence-electron chi connectivity index (χ0n) is 10.2. The Kier molecular flexibility index (Phi) is 3.86. The van der Waals surface area contributed by atoms with Gasteiger partial charge in [-0.2, -0.15) is 5.10 Å². The van der Waals surface area contributed by atoms with Gasteiger partial charge in [0.25, 0.3) is 0 Å². The van der Waals surface area contributed by atoms with Crippen LogP contribution < -0.4 is 0 Å². The van der Waals surface area contributed by atoms with Gasteiger partial charge in [-0.3, -0.25) is 9.48 Å². The molecule has 0 N–H and O–H groups in total. The molecule has 0 amide bonds. The van der Waals surface area contributed by atoms with Crippen LogP contribution in [-0.2, 0) is 13.0 Å². The van der Waals surface area contributed by atoms with Gasteiger partial charge in [0.15, 0.2) is 5.78 Å². The molecule has 0 aromatic carbocycles. The monoisotopic (exact) mass is 308 g/mol. The topological polar surface area (TPSA) is 60.7 Å². The van der Waals surface area contributed by atoms with E-state index >= 15 is 0 Å². The molecule has 0 bridgehead atoms. The molecule has 2 heterocycles. The maximum Gasteiger partial charge on any atom is 0.187 e. The maximum atomic E-state index is 12.1. The van der Waals surface area contributed by atoms with E-state index in [2.05, 4.69) is 31.0 Å². The predicted octanol–water partition coefficient (Wildman–Crippen LogP) is 2.19. The predicted molar refractivity (Wildman–Crippen MR) is 70.4 cm³/mol. The van der Waals surface area contributed by atoms with Crippen LogP contribution in [0.15, 0.2) is 23.1 Å². The van der Waals surface area contributed by atoms with Gasteiger partial charge in [0.1, 0.15) is 12.0 Å². The molecule has 0 atom stereocenters. The van der Waals surface area contributed by atoms with Gasteiger partial charge in [0.05, 0.1) is 22.3 Å². The fourth-order valence-corrected chi connectivity index (χ4v) is 2.16. The first-order chi connectivity index (χ1) is 8.63. The normalized spacial score (nSPS) is 10.6. The van der Waals surface area contributed by atoms with Crippen molar-refractivity contribution in [3.8, 4) is 0 Å². The van der Waals surface area contributed by atoms with Crippen molar-refractivity contribution in [1.82, 2.24) is 19.7 Å². The highest BCUT2D eigenvalue weighted by atomic mass is 79.9. The molecule has 0 radical (unpaired) electrons. The molecule has 5 nitrogen and oxygen atoms in total. The number of Topliss-reactive ketones (excluding diaryl/α,β-unsaturated/α-hetero) is 1. The van der Waals surface area contributed by atoms with E-state index in [4.69, 9.17) is 0 Å². The van der Waals surface area contributed by atoms with Crippen LogP contribution in [0.1, 0.15) is 28.8 Å². The molecule has 0 unspecified atom stereocenters. The number of rotatable bonds is 4. The van der Waals surface area contributed by atoms with Gasteiger partial charge in [-0.05, 0) is 35.8 Å². The Hall–Kier alpha value is -1.56. The summed E-state index contributed by atoms with van der Waals surface area (Å²) in [6.07, 6.45) is 3.23. The highest BCUT2D eigenvalue weighted by Crippen LogP contribution is 2.22. The molecule has 0 saturated heterocycles. The molecule has 2 rings (SSSR count). The second-order valence-corrected chi connectivity index (χ2v) is 4.65. The van der Waals surface area contributed by atoms with Crippen LogP contribution >= 0.6 is 15.9 Å². The smallest absolute Gasteiger partial charge is 0.187 e. The van der Waals surface area contributed by atoms with Crippen molar-refractivity contribution in [3.05, 3.63) is 40.1 Å². The van der Waals surface area contributed by atoms with Crippen molar-refractivity contribution in [2.75, 3.05) is 0 Å². The summed E-state index contributed by atoms with van der Waals surface area (Å²) in [5.74, 6) is -0.0345. The van der Waals surface area contributed by atoms with Crippen LogP contribution in [0.4, 0.5) is 0 Å². The number of hydrogen-bond acceptors (Lipinski definition) is 4. The van der Waals surface area contributed by atoms with Crippen molar-refractivity contribution in [2.45, 2.75) is 26.8 Å². The summed E-state index contributed by atoms with van der Waals surface area (Å²) in [6, 6.07) is 1.62. The Balaban J connectivity index is 2.27. The molecule has 94 valence electrons. The van der Waals surface area contributed by atoms with Gasteiger partial charge in [-0.15, -0.1) is 0 Å². The third-order valence-corrected chi connectivity index (χ3v) is 3.68. The van der Waals surface area contributed by atoms with Gasteiger partial charge in [0.2, 0.25) is 0 Å². The van der Waals surface area contributed by atoms with Crippen LogP contribution in [0.3, 0.4) is 0 Å². The van der Waals surface area contributed by atoms with E-state index < -0.39 is 0 Å². The summed E-state index contributed by atoms with van der Waals surface area (Å²) in [5, 5.41) is 4.36. The van der Waals surface area contributed by atoms with E-state index in [9.17, 15) is 4.79 Å². The first kappa shape index (κ1) is 12.9. The van der Waals surface area contributed by atoms with Crippen LogP contribution in [0.5, 0.6) is 0 Å². The molecular weight excluding hydrogens is 296 g/mol. The number of nitrogens with zero attached hydrogens (tertiary/aromatic N) is 4. The van der Waals surface area contributed by atoms with Crippen LogP contribution in [-0.4, -0.2) is 25.5 Å². The van der Waals surface area contributed by atoms with Crippen LogP contribution in [0.25, 0.3) is 0 Å². The van der Waals surface area contributed by atoms with E-state index in [1.807, 2.05) is 18.5 Å². The summed E-state index contributed by atoms with van der Waals surface area (Å²) < 4.78 is 2.73. The average Bonchev–Trinajstić information content (AvgIpc) is 2.67. The van der Waals surface area contributed by atoms with E-state index in [1.54, 1.807) is 12.3 Å². The molecule has 18 heavy (non-hydrogen) atoms. The molecule has 0 aliphatic heterocycles. The summed E-state index contributed by atoms with van der Waals surface area (Å²) >= 11 is 3.47. The maximum absolute atomic E-state index is 12.1. The van der Waals surface area contributed by atoms with E-state index in [0.717, 1.165) is 22.4 Å². The van der Waals surface area contributed by atoms with Gasteiger partial charge >= 0.3 is 0 Å². The minimum Gasteiger partial charge on any atom is -0.292 e. The summed E-state index contributed by atoms with van der Waals surface area (Å²) in [4.78, 5) is 19.9. The number of carbonyl (C=O) groups is 1. The lowest BCUT2D eigenvalue weighted by molar-refractivity contribution is 0.0985. The van der Waals surface area contributed by atoms with Crippen LogP contribution in [0.2, 0.25) is 0 Å². The number of hydrogen-bond donors (Lipinski definition) is 0. The minimum atomic E-state index is -0.0345. The van der Waals surface area contributed by atoms with Gasteiger partial charge < -0.3 is 0 Å². The van der Waals surface area contributed by atoms with Crippen LogP contribution in [0, 0.1) is 6.92 Å². The second-order valence-electron chi connectivity index (χ2n) is 3.86. The Labute approximate surface area is 113 Å². The van der Waals surface area contributed by atoms with E-state index in [-0.39, 0.29) is 12.2 Å². The second kappa shape index (κ2) is 5.39. The summed E-state index contributed by atoms with van der Waals surface area (Å²) in [7, 11) is 0. The average molecular weight is 309 g/mol. The Morgan fingerprint density at radius 3 is 2.89 bits per heavy atom. The molecule has 6 heteroatoms. The molecule has 0 aliphatic carbocycles. The van der Waals surface area contributed by atoms with Crippen molar-refractivity contribution < 1.29 is 4.79 Å².